The van der Waals surface area contributed by atoms with Crippen LogP contribution in [-0.2, 0) is 17.9 Å². The first kappa shape index (κ1) is 17.6. The molecular weight excluding hydrogens is 354 g/mol. The van der Waals surface area contributed by atoms with Gasteiger partial charge in [-0.2, -0.15) is 5.26 Å². The maximum atomic E-state index is 12.3. The maximum Gasteiger partial charge on any atom is 0.331 e. The third-order valence-electron chi connectivity index (χ3n) is 3.79. The summed E-state index contributed by atoms with van der Waals surface area (Å²) in [6.45, 7) is 3.47. The Kier molecular flexibility index (Phi) is 4.69. The predicted octanol–water partition coefficient (Wildman–Crippen LogP) is 1.46. The zero-order valence-corrected chi connectivity index (χ0v) is 15.0. The molecule has 0 aliphatic heterocycles. The van der Waals surface area contributed by atoms with Gasteiger partial charge in [-0.3, -0.25) is 14.2 Å². The van der Waals surface area contributed by atoms with Gasteiger partial charge in [-0.1, -0.05) is 17.4 Å². The number of hydrogen-bond acceptors (Lipinski definition) is 6. The Hall–Kier alpha value is -3.25. The molecule has 3 rings (SSSR count). The van der Waals surface area contributed by atoms with Crippen LogP contribution >= 0.6 is 11.3 Å². The van der Waals surface area contributed by atoms with Crippen molar-refractivity contribution in [1.29, 1.82) is 5.26 Å². The Balaban J connectivity index is 1.89. The highest BCUT2D eigenvalue weighted by Gasteiger charge is 2.15. The van der Waals surface area contributed by atoms with Crippen molar-refractivity contribution in [3.63, 3.8) is 0 Å². The molecule has 132 valence electrons. The second kappa shape index (κ2) is 6.93. The summed E-state index contributed by atoms with van der Waals surface area (Å²) in [5, 5.41) is 12.0. The van der Waals surface area contributed by atoms with Crippen LogP contribution in [0.3, 0.4) is 0 Å². The quantitative estimate of drug-likeness (QED) is 0.749. The summed E-state index contributed by atoms with van der Waals surface area (Å²) in [6, 6.07) is 7.49. The van der Waals surface area contributed by atoms with E-state index in [-0.39, 0.29) is 12.1 Å². The van der Waals surface area contributed by atoms with Gasteiger partial charge in [0.1, 0.15) is 18.2 Å². The fraction of sp³-hybridized carbons (Fsp3) is 0.235. The summed E-state index contributed by atoms with van der Waals surface area (Å²) in [7, 11) is 0. The summed E-state index contributed by atoms with van der Waals surface area (Å²) in [5.41, 5.74) is 0.241. The number of nitriles is 1. The summed E-state index contributed by atoms with van der Waals surface area (Å²) >= 11 is 1.31. The van der Waals surface area contributed by atoms with Gasteiger partial charge >= 0.3 is 5.69 Å². The fourth-order valence-electron chi connectivity index (χ4n) is 2.48. The van der Waals surface area contributed by atoms with Gasteiger partial charge in [-0.15, -0.1) is 0 Å². The van der Waals surface area contributed by atoms with Crippen LogP contribution in [0.2, 0.25) is 0 Å². The van der Waals surface area contributed by atoms with E-state index in [0.717, 1.165) is 20.3 Å². The number of aryl methyl sites for hydroxylation is 2. The van der Waals surface area contributed by atoms with Crippen LogP contribution in [0.4, 0.5) is 5.13 Å². The second-order valence-corrected chi connectivity index (χ2v) is 6.68. The van der Waals surface area contributed by atoms with Crippen LogP contribution in [0.25, 0.3) is 10.2 Å². The molecule has 2 heterocycles. The molecule has 1 aromatic carbocycles. The predicted molar refractivity (Wildman–Crippen MR) is 98.3 cm³/mol. The van der Waals surface area contributed by atoms with Crippen molar-refractivity contribution >= 4 is 32.6 Å². The molecule has 1 N–H and O–H groups in total. The lowest BCUT2D eigenvalue weighted by molar-refractivity contribution is -0.116. The number of hydrogen-bond donors (Lipinski definition) is 1. The summed E-state index contributed by atoms with van der Waals surface area (Å²) < 4.78 is 2.90. The molecule has 0 bridgehead atoms. The van der Waals surface area contributed by atoms with E-state index in [0.29, 0.717) is 5.13 Å². The lowest BCUT2D eigenvalue weighted by Gasteiger charge is -2.08. The van der Waals surface area contributed by atoms with Gasteiger partial charge in [0.05, 0.1) is 10.2 Å². The van der Waals surface area contributed by atoms with Crippen molar-refractivity contribution in [2.45, 2.75) is 26.9 Å². The molecule has 0 aliphatic rings. The van der Waals surface area contributed by atoms with Crippen LogP contribution in [0.5, 0.6) is 0 Å². The topological polar surface area (TPSA) is 110 Å². The Morgan fingerprint density at radius 2 is 2.15 bits per heavy atom. The third-order valence-corrected chi connectivity index (χ3v) is 4.72. The lowest BCUT2D eigenvalue weighted by atomic mass is 10.2. The molecule has 9 heteroatoms. The Morgan fingerprint density at radius 1 is 1.38 bits per heavy atom. The molecule has 0 saturated carbocycles. The molecular formula is C17H15N5O3S. The van der Waals surface area contributed by atoms with E-state index in [9.17, 15) is 14.4 Å². The van der Waals surface area contributed by atoms with Crippen LogP contribution < -0.4 is 16.6 Å². The van der Waals surface area contributed by atoms with E-state index in [1.165, 1.54) is 22.1 Å². The van der Waals surface area contributed by atoms with Crippen molar-refractivity contribution in [2.24, 2.45) is 0 Å². The monoisotopic (exact) mass is 369 g/mol. The number of fused-ring (bicyclic) bond motifs is 1. The second-order valence-electron chi connectivity index (χ2n) is 5.65. The first-order valence-corrected chi connectivity index (χ1v) is 8.66. The van der Waals surface area contributed by atoms with Crippen LogP contribution in [0, 0.1) is 18.3 Å². The van der Waals surface area contributed by atoms with E-state index < -0.39 is 23.7 Å². The highest BCUT2D eigenvalue weighted by atomic mass is 32.1. The number of carbonyl (C=O) groups is 1. The number of amides is 1. The molecule has 0 saturated heterocycles. The number of aromatic nitrogens is 3. The Morgan fingerprint density at radius 3 is 2.85 bits per heavy atom. The van der Waals surface area contributed by atoms with E-state index in [4.69, 9.17) is 5.26 Å². The first-order chi connectivity index (χ1) is 12.4. The highest BCUT2D eigenvalue weighted by Crippen LogP contribution is 2.26. The smallest absolute Gasteiger partial charge is 0.300 e. The van der Waals surface area contributed by atoms with Gasteiger partial charge in [-0.25, -0.2) is 14.3 Å². The number of carbonyl (C=O) groups excluding carboxylic acids is 1. The zero-order valence-electron chi connectivity index (χ0n) is 14.1. The van der Waals surface area contributed by atoms with Gasteiger partial charge in [0.15, 0.2) is 5.13 Å². The summed E-state index contributed by atoms with van der Waals surface area (Å²) in [6.07, 6.45) is 1.20. The number of rotatable bonds is 4. The van der Waals surface area contributed by atoms with Gasteiger partial charge in [0, 0.05) is 12.7 Å². The molecule has 3 aromatic rings. The molecule has 26 heavy (non-hydrogen) atoms. The average Bonchev–Trinajstić information content (AvgIpc) is 3.00. The minimum absolute atomic E-state index is 0.185. The maximum absolute atomic E-state index is 12.3. The summed E-state index contributed by atoms with van der Waals surface area (Å²) in [4.78, 5) is 41.1. The summed E-state index contributed by atoms with van der Waals surface area (Å²) in [5.74, 6) is -0.558. The van der Waals surface area contributed by atoms with Crippen molar-refractivity contribution in [1.82, 2.24) is 14.1 Å². The van der Waals surface area contributed by atoms with Crippen LogP contribution in [0.1, 0.15) is 18.1 Å². The van der Waals surface area contributed by atoms with E-state index in [2.05, 4.69) is 10.3 Å². The lowest BCUT2D eigenvalue weighted by Crippen LogP contribution is -2.43. The molecule has 0 fully saturated rings. The normalized spacial score (nSPS) is 10.7. The van der Waals surface area contributed by atoms with E-state index in [1.807, 2.05) is 25.1 Å². The van der Waals surface area contributed by atoms with Gasteiger partial charge in [-0.05, 0) is 31.5 Å². The SMILES string of the molecule is CCn1cc(C#N)c(=O)n(CC(=O)Nc2nc3ccc(C)cc3s2)c1=O. The van der Waals surface area contributed by atoms with Gasteiger partial charge in [0.25, 0.3) is 5.56 Å². The number of nitrogens with zero attached hydrogens (tertiary/aromatic N) is 4. The molecule has 8 nitrogen and oxygen atoms in total. The molecule has 0 spiro atoms. The number of nitrogens with one attached hydrogen (secondary N) is 1. The van der Waals surface area contributed by atoms with Crippen molar-refractivity contribution in [3.8, 4) is 6.07 Å². The number of anilines is 1. The van der Waals surface area contributed by atoms with E-state index >= 15 is 0 Å². The molecule has 0 radical (unpaired) electrons. The largest absolute Gasteiger partial charge is 0.331 e. The average molecular weight is 369 g/mol. The van der Waals surface area contributed by atoms with Gasteiger partial charge < -0.3 is 5.32 Å². The van der Waals surface area contributed by atoms with Crippen molar-refractivity contribution in [2.75, 3.05) is 5.32 Å². The standard InChI is InChI=1S/C17H15N5O3S/c1-3-21-8-11(7-18)15(24)22(17(21)25)9-14(23)20-16-19-12-5-4-10(2)6-13(12)26-16/h4-6,8H,3,9H2,1-2H3,(H,19,20,23). The molecule has 0 aliphatic carbocycles. The van der Waals surface area contributed by atoms with E-state index in [1.54, 1.807) is 13.0 Å². The van der Waals surface area contributed by atoms with Crippen LogP contribution in [0.15, 0.2) is 34.0 Å². The molecule has 2 aromatic heterocycles. The number of benzene rings is 1. The zero-order chi connectivity index (χ0) is 18.8. The molecule has 1 amide bonds. The highest BCUT2D eigenvalue weighted by molar-refractivity contribution is 7.22. The molecule has 0 atom stereocenters. The van der Waals surface area contributed by atoms with Crippen molar-refractivity contribution in [3.05, 3.63) is 56.4 Å². The van der Waals surface area contributed by atoms with Crippen LogP contribution in [-0.4, -0.2) is 20.0 Å². The first-order valence-electron chi connectivity index (χ1n) is 7.84. The minimum atomic E-state index is -0.780. The van der Waals surface area contributed by atoms with Crippen molar-refractivity contribution < 1.29 is 4.79 Å². The minimum Gasteiger partial charge on any atom is -0.300 e. The third kappa shape index (κ3) is 3.27. The fourth-order valence-corrected chi connectivity index (χ4v) is 3.46. The molecule has 0 unspecified atom stereocenters. The van der Waals surface area contributed by atoms with Gasteiger partial charge in [0.2, 0.25) is 5.91 Å². The number of thiazole rings is 1. The Labute approximate surface area is 152 Å². The Bertz CT molecular complexity index is 1170.